The maximum Gasteiger partial charge on any atom is 0.412 e. The summed E-state index contributed by atoms with van der Waals surface area (Å²) in [5.74, 6) is 0.0802. The molecule has 1 aliphatic carbocycles. The average Bonchev–Trinajstić information content (AvgIpc) is 2.58. The second-order valence-electron chi connectivity index (χ2n) is 5.39. The van der Waals surface area contributed by atoms with Gasteiger partial charge in [-0.1, -0.05) is 12.1 Å². The highest BCUT2D eigenvalue weighted by Crippen LogP contribution is 2.29. The van der Waals surface area contributed by atoms with E-state index in [0.717, 1.165) is 12.0 Å². The number of benzene rings is 1. The Bertz CT molecular complexity index is 500. The number of anilines is 1. The van der Waals surface area contributed by atoms with Crippen LogP contribution in [0, 0.1) is 0 Å². The second-order valence-corrected chi connectivity index (χ2v) is 5.39. The Balaban J connectivity index is 2.19. The van der Waals surface area contributed by atoms with Crippen LogP contribution in [0.15, 0.2) is 18.2 Å². The summed E-state index contributed by atoms with van der Waals surface area (Å²) >= 11 is 0. The predicted octanol–water partition coefficient (Wildman–Crippen LogP) is 3.16. The van der Waals surface area contributed by atoms with Crippen LogP contribution in [-0.4, -0.2) is 17.5 Å². The van der Waals surface area contributed by atoms with Crippen LogP contribution >= 0.6 is 0 Å². The summed E-state index contributed by atoms with van der Waals surface area (Å²) in [6.07, 6.45) is 0.732. The fourth-order valence-corrected chi connectivity index (χ4v) is 2.03. The van der Waals surface area contributed by atoms with E-state index in [1.165, 1.54) is 0 Å². The van der Waals surface area contributed by atoms with Crippen molar-refractivity contribution in [2.45, 2.75) is 39.2 Å². The fourth-order valence-electron chi connectivity index (χ4n) is 2.03. The molecule has 1 N–H and O–H groups in total. The van der Waals surface area contributed by atoms with Gasteiger partial charge >= 0.3 is 6.09 Å². The number of hydrogen-bond donors (Lipinski definition) is 1. The lowest BCUT2D eigenvalue weighted by molar-refractivity contribution is 0.0636. The summed E-state index contributed by atoms with van der Waals surface area (Å²) in [6.45, 7) is 5.40. The molecule has 0 heterocycles. The molecule has 0 fully saturated rings. The number of ketones is 1. The van der Waals surface area contributed by atoms with Gasteiger partial charge in [0, 0.05) is 12.0 Å². The first-order valence-corrected chi connectivity index (χ1v) is 6.02. The van der Waals surface area contributed by atoms with Gasteiger partial charge in [0.25, 0.3) is 0 Å². The molecule has 0 atom stereocenters. The highest BCUT2D eigenvalue weighted by molar-refractivity contribution is 6.07. The summed E-state index contributed by atoms with van der Waals surface area (Å²) in [5, 5.41) is 2.65. The van der Waals surface area contributed by atoms with Crippen molar-refractivity contribution in [1.82, 2.24) is 0 Å². The van der Waals surface area contributed by atoms with Crippen LogP contribution in [0.4, 0.5) is 10.5 Å². The molecule has 18 heavy (non-hydrogen) atoms. The molecule has 1 aliphatic rings. The van der Waals surface area contributed by atoms with Crippen LogP contribution in [0.1, 0.15) is 43.1 Å². The third-order valence-electron chi connectivity index (χ3n) is 2.69. The number of carbonyl (C=O) groups is 2. The maximum absolute atomic E-state index is 11.8. The number of ether oxygens (including phenoxy) is 1. The van der Waals surface area contributed by atoms with Crippen LogP contribution in [0.5, 0.6) is 0 Å². The van der Waals surface area contributed by atoms with Crippen LogP contribution in [0.2, 0.25) is 0 Å². The SMILES string of the molecule is CC(C)(C)OC(=O)Nc1cccc2c1C(=O)CC2. The van der Waals surface area contributed by atoms with E-state index in [1.54, 1.807) is 26.8 Å². The van der Waals surface area contributed by atoms with Gasteiger partial charge in [-0.2, -0.15) is 0 Å². The van der Waals surface area contributed by atoms with E-state index in [2.05, 4.69) is 5.32 Å². The van der Waals surface area contributed by atoms with Gasteiger partial charge < -0.3 is 4.74 Å². The van der Waals surface area contributed by atoms with Gasteiger partial charge in [-0.25, -0.2) is 4.79 Å². The lowest BCUT2D eigenvalue weighted by atomic mass is 10.1. The van der Waals surface area contributed by atoms with Gasteiger partial charge in [0.1, 0.15) is 5.60 Å². The van der Waals surface area contributed by atoms with Crippen molar-refractivity contribution in [2.75, 3.05) is 5.32 Å². The second kappa shape index (κ2) is 4.44. The zero-order chi connectivity index (χ0) is 13.3. The average molecular weight is 247 g/mol. The Morgan fingerprint density at radius 1 is 1.28 bits per heavy atom. The molecule has 1 aromatic carbocycles. The van der Waals surface area contributed by atoms with E-state index in [0.29, 0.717) is 17.7 Å². The number of carbonyl (C=O) groups excluding carboxylic acids is 2. The van der Waals surface area contributed by atoms with Crippen LogP contribution in [-0.2, 0) is 11.2 Å². The fraction of sp³-hybridized carbons (Fsp3) is 0.429. The monoisotopic (exact) mass is 247 g/mol. The van der Waals surface area contributed by atoms with Crippen molar-refractivity contribution in [1.29, 1.82) is 0 Å². The first kappa shape index (κ1) is 12.6. The molecular weight excluding hydrogens is 230 g/mol. The standard InChI is InChI=1S/C14H17NO3/c1-14(2,3)18-13(17)15-10-6-4-5-9-7-8-11(16)12(9)10/h4-6H,7-8H2,1-3H3,(H,15,17). The lowest BCUT2D eigenvalue weighted by Crippen LogP contribution is -2.27. The number of hydrogen-bond acceptors (Lipinski definition) is 3. The summed E-state index contributed by atoms with van der Waals surface area (Å²) in [7, 11) is 0. The van der Waals surface area contributed by atoms with E-state index >= 15 is 0 Å². The molecule has 0 saturated heterocycles. The van der Waals surface area contributed by atoms with Crippen molar-refractivity contribution < 1.29 is 14.3 Å². The quantitative estimate of drug-likeness (QED) is 0.829. The third-order valence-corrected chi connectivity index (χ3v) is 2.69. The van der Waals surface area contributed by atoms with Crippen molar-refractivity contribution in [3.8, 4) is 0 Å². The molecule has 0 radical (unpaired) electrons. The maximum atomic E-state index is 11.8. The Kier molecular flexibility index (Phi) is 3.11. The first-order chi connectivity index (χ1) is 8.37. The minimum absolute atomic E-state index is 0.0802. The summed E-state index contributed by atoms with van der Waals surface area (Å²) in [4.78, 5) is 23.5. The zero-order valence-corrected chi connectivity index (χ0v) is 10.9. The summed E-state index contributed by atoms with van der Waals surface area (Å²) in [5.41, 5.74) is 1.62. The smallest absolute Gasteiger partial charge is 0.412 e. The van der Waals surface area contributed by atoms with Crippen molar-refractivity contribution in [3.63, 3.8) is 0 Å². The lowest BCUT2D eigenvalue weighted by Gasteiger charge is -2.20. The summed E-state index contributed by atoms with van der Waals surface area (Å²) in [6, 6.07) is 5.48. The van der Waals surface area contributed by atoms with Gasteiger partial charge in [-0.3, -0.25) is 10.1 Å². The Hall–Kier alpha value is -1.84. The number of nitrogens with one attached hydrogen (secondary N) is 1. The molecule has 0 bridgehead atoms. The molecular formula is C14H17NO3. The third kappa shape index (κ3) is 2.70. The van der Waals surface area contributed by atoms with E-state index in [4.69, 9.17) is 4.74 Å². The summed E-state index contributed by atoms with van der Waals surface area (Å²) < 4.78 is 5.18. The highest BCUT2D eigenvalue weighted by atomic mass is 16.6. The predicted molar refractivity (Wildman–Crippen MR) is 69.0 cm³/mol. The number of fused-ring (bicyclic) bond motifs is 1. The van der Waals surface area contributed by atoms with Gasteiger partial charge in [-0.05, 0) is 38.8 Å². The van der Waals surface area contributed by atoms with Gasteiger partial charge in [0.15, 0.2) is 5.78 Å². The van der Waals surface area contributed by atoms with E-state index in [9.17, 15) is 9.59 Å². The minimum atomic E-state index is -0.550. The van der Waals surface area contributed by atoms with E-state index < -0.39 is 11.7 Å². The Morgan fingerprint density at radius 3 is 2.67 bits per heavy atom. The van der Waals surface area contributed by atoms with Crippen molar-refractivity contribution in [3.05, 3.63) is 29.3 Å². The largest absolute Gasteiger partial charge is 0.444 e. The molecule has 96 valence electrons. The van der Waals surface area contributed by atoms with Gasteiger partial charge in [0.05, 0.1) is 5.69 Å². The van der Waals surface area contributed by atoms with E-state index in [1.807, 2.05) is 12.1 Å². The molecule has 4 nitrogen and oxygen atoms in total. The number of rotatable bonds is 1. The number of amides is 1. The highest BCUT2D eigenvalue weighted by Gasteiger charge is 2.24. The van der Waals surface area contributed by atoms with Crippen molar-refractivity contribution >= 4 is 17.6 Å². The Labute approximate surface area is 106 Å². The molecule has 0 aliphatic heterocycles. The zero-order valence-electron chi connectivity index (χ0n) is 10.9. The molecule has 1 amide bonds. The molecule has 0 aromatic heterocycles. The van der Waals surface area contributed by atoms with Gasteiger partial charge in [-0.15, -0.1) is 0 Å². The Morgan fingerprint density at radius 2 is 2.00 bits per heavy atom. The molecule has 2 rings (SSSR count). The van der Waals surface area contributed by atoms with Crippen LogP contribution < -0.4 is 5.32 Å². The van der Waals surface area contributed by atoms with E-state index in [-0.39, 0.29) is 5.78 Å². The van der Waals surface area contributed by atoms with Crippen LogP contribution in [0.25, 0.3) is 0 Å². The molecule has 0 saturated carbocycles. The van der Waals surface area contributed by atoms with Crippen molar-refractivity contribution in [2.24, 2.45) is 0 Å². The number of Topliss-reactive ketones (excluding diaryl/α,β-unsaturated/α-hetero) is 1. The van der Waals surface area contributed by atoms with Crippen LogP contribution in [0.3, 0.4) is 0 Å². The molecule has 1 aromatic rings. The van der Waals surface area contributed by atoms with Gasteiger partial charge in [0.2, 0.25) is 0 Å². The molecule has 0 unspecified atom stereocenters. The topological polar surface area (TPSA) is 55.4 Å². The first-order valence-electron chi connectivity index (χ1n) is 6.02. The number of aryl methyl sites for hydroxylation is 1. The molecule has 4 heteroatoms. The molecule has 0 spiro atoms. The minimum Gasteiger partial charge on any atom is -0.444 e. The normalized spacial score (nSPS) is 14.3.